The quantitative estimate of drug-likeness (QED) is 0.227. The minimum absolute atomic E-state index is 0.0546. The molecular weight excluding hydrogens is 446 g/mol. The number of nitrogens with two attached hydrogens (primary N) is 1. The number of ketones is 1. The predicted octanol–water partition coefficient (Wildman–Crippen LogP) is 5.29. The van der Waals surface area contributed by atoms with Crippen LogP contribution in [0, 0.1) is 0 Å². The molecule has 190 valence electrons. The first kappa shape index (κ1) is 27.0. The monoisotopic (exact) mass is 485 g/mol. The molecule has 0 atom stereocenters. The van der Waals surface area contributed by atoms with E-state index in [2.05, 4.69) is 47.0 Å². The highest BCUT2D eigenvalue weighted by molar-refractivity contribution is 5.94. The lowest BCUT2D eigenvalue weighted by molar-refractivity contribution is 0.101. The highest BCUT2D eigenvalue weighted by Crippen LogP contribution is 2.28. The molecule has 0 fully saturated rings. The first-order valence-electron chi connectivity index (χ1n) is 12.8. The summed E-state index contributed by atoms with van der Waals surface area (Å²) in [5, 5.41) is 9.53. The van der Waals surface area contributed by atoms with Crippen LogP contribution in [0.5, 0.6) is 5.75 Å². The van der Waals surface area contributed by atoms with Crippen LogP contribution in [0.1, 0.15) is 61.9 Å². The van der Waals surface area contributed by atoms with Gasteiger partial charge in [0.2, 0.25) is 0 Å². The molecule has 3 rings (SSSR count). The Morgan fingerprint density at radius 2 is 1.67 bits per heavy atom. The van der Waals surface area contributed by atoms with Gasteiger partial charge in [-0.25, -0.2) is 0 Å². The van der Waals surface area contributed by atoms with E-state index < -0.39 is 0 Å². The maximum Gasteiger partial charge on any atom is 0.159 e. The van der Waals surface area contributed by atoms with Crippen LogP contribution in [0.15, 0.2) is 66.7 Å². The van der Waals surface area contributed by atoms with E-state index in [1.54, 1.807) is 14.0 Å². The lowest BCUT2D eigenvalue weighted by Gasteiger charge is -2.19. The Morgan fingerprint density at radius 3 is 2.36 bits per heavy atom. The number of rotatable bonds is 13. The van der Waals surface area contributed by atoms with Gasteiger partial charge in [0, 0.05) is 34.3 Å². The van der Waals surface area contributed by atoms with Gasteiger partial charge in [0.05, 0.1) is 12.8 Å². The molecule has 0 amide bonds. The summed E-state index contributed by atoms with van der Waals surface area (Å²) < 4.78 is 5.60. The Labute approximate surface area is 215 Å². The molecule has 0 saturated heterocycles. The molecule has 5 nitrogen and oxygen atoms in total. The number of anilines is 2. The van der Waals surface area contributed by atoms with Crippen LogP contribution in [-0.2, 0) is 0 Å². The molecule has 4 N–H and O–H groups in total. The second-order valence-corrected chi connectivity index (χ2v) is 8.90. The fourth-order valence-corrected chi connectivity index (χ4v) is 4.22. The fraction of sp³-hybridized carbons (Fsp3) is 0.323. The van der Waals surface area contributed by atoms with Crippen LogP contribution in [0.4, 0.5) is 11.4 Å². The van der Waals surface area contributed by atoms with Gasteiger partial charge in [-0.05, 0) is 80.9 Å². The number of methoxy groups -OCH3 is 1. The van der Waals surface area contributed by atoms with Crippen LogP contribution < -0.4 is 31.5 Å². The zero-order chi connectivity index (χ0) is 25.8. The van der Waals surface area contributed by atoms with Crippen molar-refractivity contribution in [1.82, 2.24) is 0 Å². The molecule has 5 heteroatoms. The van der Waals surface area contributed by atoms with Gasteiger partial charge in [-0.1, -0.05) is 49.6 Å². The lowest BCUT2D eigenvalue weighted by Crippen LogP contribution is -2.29. The van der Waals surface area contributed by atoms with Crippen molar-refractivity contribution in [3.8, 4) is 5.75 Å². The number of carbonyl (C=O) groups is 1. The van der Waals surface area contributed by atoms with Crippen LogP contribution in [0.3, 0.4) is 0 Å². The van der Waals surface area contributed by atoms with Crippen molar-refractivity contribution in [2.24, 2.45) is 5.73 Å². The van der Waals surface area contributed by atoms with E-state index in [-0.39, 0.29) is 5.78 Å². The summed E-state index contributed by atoms with van der Waals surface area (Å²) in [7, 11) is 1.69. The van der Waals surface area contributed by atoms with Crippen molar-refractivity contribution in [3.63, 3.8) is 0 Å². The van der Waals surface area contributed by atoms with Crippen LogP contribution in [-0.4, -0.2) is 26.0 Å². The molecule has 0 bridgehead atoms. The van der Waals surface area contributed by atoms with Gasteiger partial charge < -0.3 is 21.1 Å². The maximum absolute atomic E-state index is 11.8. The van der Waals surface area contributed by atoms with Gasteiger partial charge in [0.25, 0.3) is 0 Å². The molecular formula is C31H39N3O2. The molecule has 0 unspecified atom stereocenters. The second-order valence-electron chi connectivity index (χ2n) is 8.90. The molecule has 3 aromatic carbocycles. The molecule has 0 saturated carbocycles. The number of carbonyl (C=O) groups excluding carboxylic acids is 1. The van der Waals surface area contributed by atoms with E-state index in [1.165, 1.54) is 19.3 Å². The van der Waals surface area contributed by atoms with Gasteiger partial charge in [-0.15, -0.1) is 0 Å². The largest absolute Gasteiger partial charge is 0.497 e. The molecule has 36 heavy (non-hydrogen) atoms. The minimum atomic E-state index is 0.0546. The van der Waals surface area contributed by atoms with Crippen molar-refractivity contribution >= 4 is 28.9 Å². The summed E-state index contributed by atoms with van der Waals surface area (Å²) in [5.41, 5.74) is 10.3. The molecule has 0 aliphatic carbocycles. The Balaban J connectivity index is 2.01. The maximum atomic E-state index is 11.8. The minimum Gasteiger partial charge on any atom is -0.497 e. The van der Waals surface area contributed by atoms with Crippen LogP contribution in [0.2, 0.25) is 0 Å². The molecule has 0 spiro atoms. The zero-order valence-electron chi connectivity index (χ0n) is 21.8. The molecule has 0 heterocycles. The van der Waals surface area contributed by atoms with Gasteiger partial charge >= 0.3 is 0 Å². The van der Waals surface area contributed by atoms with E-state index >= 15 is 0 Å². The highest BCUT2D eigenvalue weighted by atomic mass is 16.5. The van der Waals surface area contributed by atoms with E-state index in [9.17, 15) is 4.79 Å². The van der Waals surface area contributed by atoms with Gasteiger partial charge in [-0.3, -0.25) is 4.79 Å². The first-order chi connectivity index (χ1) is 17.6. The van der Waals surface area contributed by atoms with Crippen molar-refractivity contribution in [2.45, 2.75) is 46.0 Å². The predicted molar refractivity (Wildman–Crippen MR) is 152 cm³/mol. The lowest BCUT2D eigenvalue weighted by atomic mass is 10.0. The highest BCUT2D eigenvalue weighted by Gasteiger charge is 2.12. The van der Waals surface area contributed by atoms with Crippen molar-refractivity contribution < 1.29 is 9.53 Å². The zero-order valence-corrected chi connectivity index (χ0v) is 21.8. The number of Topliss-reactive ketones (excluding diaryl/α,β-unsaturated/α-hetero) is 1. The average molecular weight is 486 g/mol. The number of benzene rings is 3. The SMILES string of the molecule is C/C=c1\cccc\c1=C(/Nc1ccc(C(C)=O)cc1)c1cc(OC)ccc1NCCCCCCCN. The fourth-order valence-electron chi connectivity index (χ4n) is 4.22. The molecule has 0 aliphatic rings. The second kappa shape index (κ2) is 14.1. The number of unbranched alkanes of at least 4 members (excludes halogenated alkanes) is 4. The topological polar surface area (TPSA) is 76.4 Å². The van der Waals surface area contributed by atoms with Crippen LogP contribution in [0.25, 0.3) is 11.8 Å². The Morgan fingerprint density at radius 1 is 0.944 bits per heavy atom. The summed E-state index contributed by atoms with van der Waals surface area (Å²) in [6.45, 7) is 5.30. The Kier molecular flexibility index (Phi) is 10.6. The van der Waals surface area contributed by atoms with E-state index in [4.69, 9.17) is 10.5 Å². The third-order valence-corrected chi connectivity index (χ3v) is 6.29. The first-order valence-corrected chi connectivity index (χ1v) is 12.8. The molecule has 0 radical (unpaired) electrons. The third kappa shape index (κ3) is 7.46. The van der Waals surface area contributed by atoms with Gasteiger partial charge in [0.15, 0.2) is 5.78 Å². The summed E-state index contributed by atoms with van der Waals surface area (Å²) in [6, 6.07) is 22.1. The number of hydrogen-bond donors (Lipinski definition) is 3. The Hall–Kier alpha value is -3.57. The standard InChI is InChI=1S/C31H39N3O2/c1-4-24-12-8-9-13-28(24)31(34-26-16-14-25(15-17-26)23(2)35)29-22-27(36-3)18-19-30(29)33-21-11-7-5-6-10-20-32/h4,8-9,12-19,22,33-34H,5-7,10-11,20-21,32H2,1-3H3/b24-4+,31-28+. The normalized spacial score (nSPS) is 12.3. The summed E-state index contributed by atoms with van der Waals surface area (Å²) in [5.74, 6) is 0.848. The summed E-state index contributed by atoms with van der Waals surface area (Å²) in [4.78, 5) is 11.8. The third-order valence-electron chi connectivity index (χ3n) is 6.29. The number of nitrogens with one attached hydrogen (secondary N) is 2. The summed E-state index contributed by atoms with van der Waals surface area (Å²) >= 11 is 0. The van der Waals surface area contributed by atoms with E-state index in [0.29, 0.717) is 5.56 Å². The van der Waals surface area contributed by atoms with Crippen molar-refractivity contribution in [1.29, 1.82) is 0 Å². The van der Waals surface area contributed by atoms with Crippen LogP contribution >= 0.6 is 0 Å². The average Bonchev–Trinajstić information content (AvgIpc) is 2.91. The van der Waals surface area contributed by atoms with Gasteiger partial charge in [0.1, 0.15) is 5.75 Å². The van der Waals surface area contributed by atoms with Gasteiger partial charge in [-0.2, -0.15) is 0 Å². The van der Waals surface area contributed by atoms with E-state index in [0.717, 1.165) is 64.8 Å². The smallest absolute Gasteiger partial charge is 0.159 e. The summed E-state index contributed by atoms with van der Waals surface area (Å²) in [6.07, 6.45) is 7.90. The number of hydrogen-bond acceptors (Lipinski definition) is 5. The molecule has 0 aliphatic heterocycles. The molecule has 0 aromatic heterocycles. The number of ether oxygens (including phenoxy) is 1. The van der Waals surface area contributed by atoms with Crippen molar-refractivity contribution in [2.75, 3.05) is 30.8 Å². The van der Waals surface area contributed by atoms with E-state index in [1.807, 2.05) is 43.3 Å². The van der Waals surface area contributed by atoms with Crippen molar-refractivity contribution in [3.05, 3.63) is 88.3 Å². The Bertz CT molecular complexity index is 1250. The molecule has 3 aromatic rings.